The molecule has 17 heavy (non-hydrogen) atoms. The minimum Gasteiger partial charge on any atom is -0.396 e. The Bertz CT molecular complexity index is 388. The lowest BCUT2D eigenvalue weighted by atomic mass is 10.0. The molecule has 0 unspecified atom stereocenters. The highest BCUT2D eigenvalue weighted by molar-refractivity contribution is 5.36. The molecule has 0 bridgehead atoms. The normalized spacial score (nSPS) is 16.9. The molecule has 1 fully saturated rings. The summed E-state index contributed by atoms with van der Waals surface area (Å²) in [6.45, 7) is 5.21. The molecule has 2 N–H and O–H groups in total. The molecule has 2 rings (SSSR count). The number of hydrogen-bond acceptors (Lipinski definition) is 4. The van der Waals surface area contributed by atoms with Gasteiger partial charge in [0.05, 0.1) is 0 Å². The van der Waals surface area contributed by atoms with Crippen molar-refractivity contribution in [3.63, 3.8) is 0 Å². The van der Waals surface area contributed by atoms with Gasteiger partial charge in [0, 0.05) is 24.9 Å². The maximum absolute atomic E-state index is 9.01. The third-order valence-corrected chi connectivity index (χ3v) is 3.50. The van der Waals surface area contributed by atoms with Crippen LogP contribution in [0.1, 0.15) is 37.7 Å². The second-order valence-electron chi connectivity index (χ2n) is 4.97. The lowest BCUT2D eigenvalue weighted by Crippen LogP contribution is -2.18. The van der Waals surface area contributed by atoms with Crippen LogP contribution in [0, 0.1) is 12.3 Å². The second-order valence-corrected chi connectivity index (χ2v) is 4.97. The van der Waals surface area contributed by atoms with Crippen LogP contribution in [0.3, 0.4) is 0 Å². The molecule has 1 aliphatic carbocycles. The van der Waals surface area contributed by atoms with Gasteiger partial charge in [-0.3, -0.25) is 0 Å². The fourth-order valence-electron chi connectivity index (χ4n) is 2.11. The molecule has 1 aromatic heterocycles. The van der Waals surface area contributed by atoms with E-state index >= 15 is 0 Å². The topological polar surface area (TPSA) is 58.0 Å². The molecule has 1 saturated carbocycles. The molecule has 1 aliphatic rings. The smallest absolute Gasteiger partial charge is 0.129 e. The standard InChI is InChI=1S/C13H21N3O/c1-3-11-8-12(16-10(2)15-11)14-9-13(4-5-13)6-7-17/h8,17H,3-7,9H2,1-2H3,(H,14,15,16). The zero-order valence-electron chi connectivity index (χ0n) is 10.7. The highest BCUT2D eigenvalue weighted by Gasteiger charge is 2.41. The van der Waals surface area contributed by atoms with E-state index in [0.29, 0.717) is 5.41 Å². The van der Waals surface area contributed by atoms with Gasteiger partial charge in [0.15, 0.2) is 0 Å². The Morgan fingerprint density at radius 2 is 2.18 bits per heavy atom. The van der Waals surface area contributed by atoms with Crippen molar-refractivity contribution in [3.05, 3.63) is 17.6 Å². The number of rotatable bonds is 6. The Hall–Kier alpha value is -1.16. The van der Waals surface area contributed by atoms with E-state index in [2.05, 4.69) is 22.2 Å². The predicted molar refractivity (Wildman–Crippen MR) is 68.0 cm³/mol. The molecule has 0 atom stereocenters. The van der Waals surface area contributed by atoms with Crippen molar-refractivity contribution in [3.8, 4) is 0 Å². The number of aliphatic hydroxyl groups excluding tert-OH is 1. The molecule has 94 valence electrons. The summed E-state index contributed by atoms with van der Waals surface area (Å²) >= 11 is 0. The van der Waals surface area contributed by atoms with E-state index in [1.54, 1.807) is 0 Å². The van der Waals surface area contributed by atoms with Gasteiger partial charge in [0.2, 0.25) is 0 Å². The predicted octanol–water partition coefficient (Wildman–Crippen LogP) is 1.92. The van der Waals surface area contributed by atoms with Gasteiger partial charge < -0.3 is 10.4 Å². The third kappa shape index (κ3) is 3.16. The van der Waals surface area contributed by atoms with Crippen molar-refractivity contribution in [2.45, 2.75) is 39.5 Å². The van der Waals surface area contributed by atoms with E-state index in [1.165, 1.54) is 12.8 Å². The van der Waals surface area contributed by atoms with Crippen molar-refractivity contribution in [2.24, 2.45) is 5.41 Å². The first-order valence-electron chi connectivity index (χ1n) is 6.37. The van der Waals surface area contributed by atoms with E-state index in [-0.39, 0.29) is 6.61 Å². The average Bonchev–Trinajstić information content (AvgIpc) is 3.07. The van der Waals surface area contributed by atoms with Crippen LogP contribution < -0.4 is 5.32 Å². The number of hydrogen-bond donors (Lipinski definition) is 2. The summed E-state index contributed by atoms with van der Waals surface area (Å²) in [5.74, 6) is 1.73. The zero-order chi connectivity index (χ0) is 12.3. The molecule has 0 saturated heterocycles. The maximum atomic E-state index is 9.01. The largest absolute Gasteiger partial charge is 0.396 e. The molecule has 4 nitrogen and oxygen atoms in total. The quantitative estimate of drug-likeness (QED) is 0.791. The number of nitrogens with one attached hydrogen (secondary N) is 1. The first-order chi connectivity index (χ1) is 8.17. The summed E-state index contributed by atoms with van der Waals surface area (Å²) in [6.07, 6.45) is 4.25. The Morgan fingerprint density at radius 1 is 1.41 bits per heavy atom. The van der Waals surface area contributed by atoms with E-state index in [0.717, 1.165) is 36.7 Å². The van der Waals surface area contributed by atoms with Crippen LogP contribution in [-0.4, -0.2) is 28.2 Å². The van der Waals surface area contributed by atoms with Crippen LogP contribution in [0.25, 0.3) is 0 Å². The molecule has 0 spiro atoms. The van der Waals surface area contributed by atoms with Gasteiger partial charge in [-0.05, 0) is 38.0 Å². The molecule has 1 heterocycles. The SMILES string of the molecule is CCc1cc(NCC2(CCO)CC2)nc(C)n1. The van der Waals surface area contributed by atoms with Gasteiger partial charge in [-0.15, -0.1) is 0 Å². The summed E-state index contributed by atoms with van der Waals surface area (Å²) in [4.78, 5) is 8.75. The fourth-order valence-corrected chi connectivity index (χ4v) is 2.11. The maximum Gasteiger partial charge on any atom is 0.129 e. The molecule has 0 aromatic carbocycles. The molecule has 0 aliphatic heterocycles. The number of anilines is 1. The van der Waals surface area contributed by atoms with E-state index in [1.807, 2.05) is 13.0 Å². The molecule has 4 heteroatoms. The van der Waals surface area contributed by atoms with Gasteiger partial charge in [0.25, 0.3) is 0 Å². The minimum atomic E-state index is 0.282. The number of nitrogens with zero attached hydrogens (tertiary/aromatic N) is 2. The van der Waals surface area contributed by atoms with Gasteiger partial charge >= 0.3 is 0 Å². The van der Waals surface area contributed by atoms with Crippen LogP contribution in [0.15, 0.2) is 6.07 Å². The third-order valence-electron chi connectivity index (χ3n) is 3.50. The Morgan fingerprint density at radius 3 is 2.76 bits per heavy atom. The van der Waals surface area contributed by atoms with Gasteiger partial charge in [-0.25, -0.2) is 9.97 Å². The highest BCUT2D eigenvalue weighted by Crippen LogP contribution is 2.48. The Kier molecular flexibility index (Phi) is 3.62. The monoisotopic (exact) mass is 235 g/mol. The van der Waals surface area contributed by atoms with Crippen molar-refractivity contribution in [1.82, 2.24) is 9.97 Å². The van der Waals surface area contributed by atoms with Crippen LogP contribution in [0.4, 0.5) is 5.82 Å². The van der Waals surface area contributed by atoms with Crippen molar-refractivity contribution < 1.29 is 5.11 Å². The lowest BCUT2D eigenvalue weighted by Gasteiger charge is -2.15. The van der Waals surface area contributed by atoms with Crippen LogP contribution in [0.2, 0.25) is 0 Å². The Labute approximate surface area is 102 Å². The van der Waals surface area contributed by atoms with E-state index in [4.69, 9.17) is 5.11 Å². The molecular weight excluding hydrogens is 214 g/mol. The highest BCUT2D eigenvalue weighted by atomic mass is 16.3. The molecule has 0 amide bonds. The van der Waals surface area contributed by atoms with Crippen LogP contribution in [0.5, 0.6) is 0 Å². The number of aromatic nitrogens is 2. The molecular formula is C13H21N3O. The summed E-state index contributed by atoms with van der Waals surface area (Å²) in [7, 11) is 0. The summed E-state index contributed by atoms with van der Waals surface area (Å²) in [5.41, 5.74) is 1.40. The van der Waals surface area contributed by atoms with E-state index < -0.39 is 0 Å². The van der Waals surface area contributed by atoms with Crippen LogP contribution in [-0.2, 0) is 6.42 Å². The van der Waals surface area contributed by atoms with Crippen molar-refractivity contribution in [1.29, 1.82) is 0 Å². The van der Waals surface area contributed by atoms with Crippen molar-refractivity contribution >= 4 is 5.82 Å². The Balaban J connectivity index is 1.97. The van der Waals surface area contributed by atoms with Gasteiger partial charge in [-0.1, -0.05) is 6.92 Å². The minimum absolute atomic E-state index is 0.282. The summed E-state index contributed by atoms with van der Waals surface area (Å²) in [5, 5.41) is 12.4. The lowest BCUT2D eigenvalue weighted by molar-refractivity contribution is 0.253. The average molecular weight is 235 g/mol. The number of aryl methyl sites for hydroxylation is 2. The molecule has 1 aromatic rings. The number of aliphatic hydroxyl groups is 1. The van der Waals surface area contributed by atoms with Crippen molar-refractivity contribution in [2.75, 3.05) is 18.5 Å². The second kappa shape index (κ2) is 5.00. The van der Waals surface area contributed by atoms with Gasteiger partial charge in [-0.2, -0.15) is 0 Å². The first kappa shape index (κ1) is 12.3. The zero-order valence-corrected chi connectivity index (χ0v) is 10.7. The molecule has 0 radical (unpaired) electrons. The fraction of sp³-hybridized carbons (Fsp3) is 0.692. The van der Waals surface area contributed by atoms with Gasteiger partial charge in [0.1, 0.15) is 11.6 Å². The summed E-state index contributed by atoms with van der Waals surface area (Å²) in [6, 6.07) is 2.02. The summed E-state index contributed by atoms with van der Waals surface area (Å²) < 4.78 is 0. The first-order valence-corrected chi connectivity index (χ1v) is 6.37. The van der Waals surface area contributed by atoms with Crippen LogP contribution >= 0.6 is 0 Å². The van der Waals surface area contributed by atoms with E-state index in [9.17, 15) is 0 Å².